The summed E-state index contributed by atoms with van der Waals surface area (Å²) in [6, 6.07) is 0. The SMILES string of the molecule is CCn1nc(C)c(Cl)c1CN1CCNCC1(C)CC. The molecule has 0 saturated carbocycles. The van der Waals surface area contributed by atoms with Crippen molar-refractivity contribution in [2.75, 3.05) is 19.6 Å². The molecule has 1 N–H and O–H groups in total. The minimum atomic E-state index is 0.207. The van der Waals surface area contributed by atoms with Gasteiger partial charge in [0, 0.05) is 38.3 Å². The van der Waals surface area contributed by atoms with Gasteiger partial charge in [-0.05, 0) is 27.2 Å². The Morgan fingerprint density at radius 2 is 2.16 bits per heavy atom. The van der Waals surface area contributed by atoms with Gasteiger partial charge in [0.25, 0.3) is 0 Å². The summed E-state index contributed by atoms with van der Waals surface area (Å²) in [5.41, 5.74) is 2.30. The van der Waals surface area contributed by atoms with Crippen molar-refractivity contribution < 1.29 is 0 Å². The molecule has 1 unspecified atom stereocenters. The molecule has 0 spiro atoms. The van der Waals surface area contributed by atoms with Gasteiger partial charge in [0.05, 0.1) is 16.4 Å². The number of halogens is 1. The van der Waals surface area contributed by atoms with Crippen molar-refractivity contribution in [3.8, 4) is 0 Å². The fourth-order valence-corrected chi connectivity index (χ4v) is 2.97. The predicted octanol–water partition coefficient (Wildman–Crippen LogP) is 2.44. The molecule has 0 amide bonds. The molecular weight excluding hydrogens is 260 g/mol. The third-order valence-corrected chi connectivity index (χ3v) is 4.87. The molecule has 1 aliphatic rings. The van der Waals surface area contributed by atoms with Crippen molar-refractivity contribution >= 4 is 11.6 Å². The molecule has 1 aromatic rings. The van der Waals surface area contributed by atoms with E-state index < -0.39 is 0 Å². The van der Waals surface area contributed by atoms with Crippen LogP contribution in [0, 0.1) is 6.92 Å². The molecule has 0 radical (unpaired) electrons. The number of nitrogens with zero attached hydrogens (tertiary/aromatic N) is 3. The molecule has 5 heteroatoms. The monoisotopic (exact) mass is 284 g/mol. The molecular formula is C14H25ClN4. The zero-order chi connectivity index (χ0) is 14.0. The Balaban J connectivity index is 2.24. The third-order valence-electron chi connectivity index (χ3n) is 4.38. The smallest absolute Gasteiger partial charge is 0.0860 e. The van der Waals surface area contributed by atoms with Crippen LogP contribution >= 0.6 is 11.6 Å². The van der Waals surface area contributed by atoms with E-state index in [1.54, 1.807) is 0 Å². The van der Waals surface area contributed by atoms with Crippen LogP contribution in [0.4, 0.5) is 0 Å². The van der Waals surface area contributed by atoms with Gasteiger partial charge in [-0.1, -0.05) is 18.5 Å². The lowest BCUT2D eigenvalue weighted by atomic mass is 9.94. The fourth-order valence-electron chi connectivity index (χ4n) is 2.77. The van der Waals surface area contributed by atoms with Gasteiger partial charge in [0.15, 0.2) is 0 Å². The molecule has 1 aromatic heterocycles. The van der Waals surface area contributed by atoms with Gasteiger partial charge in [0.1, 0.15) is 0 Å². The van der Waals surface area contributed by atoms with E-state index in [-0.39, 0.29) is 5.54 Å². The minimum Gasteiger partial charge on any atom is -0.314 e. The fraction of sp³-hybridized carbons (Fsp3) is 0.786. The normalized spacial score (nSPS) is 24.9. The van der Waals surface area contributed by atoms with Crippen LogP contribution in [0.15, 0.2) is 0 Å². The van der Waals surface area contributed by atoms with Gasteiger partial charge in [-0.3, -0.25) is 9.58 Å². The number of aryl methyl sites for hydroxylation is 2. The van der Waals surface area contributed by atoms with Gasteiger partial charge in [-0.25, -0.2) is 0 Å². The van der Waals surface area contributed by atoms with Crippen molar-refractivity contribution in [2.24, 2.45) is 0 Å². The quantitative estimate of drug-likeness (QED) is 0.922. The van der Waals surface area contributed by atoms with E-state index in [1.165, 1.54) is 0 Å². The summed E-state index contributed by atoms with van der Waals surface area (Å²) in [4.78, 5) is 2.54. The van der Waals surface area contributed by atoms with Crippen LogP contribution in [0.2, 0.25) is 5.02 Å². The van der Waals surface area contributed by atoms with E-state index >= 15 is 0 Å². The largest absolute Gasteiger partial charge is 0.314 e. The molecule has 1 atom stereocenters. The molecule has 0 aromatic carbocycles. The van der Waals surface area contributed by atoms with Crippen molar-refractivity contribution in [3.63, 3.8) is 0 Å². The highest BCUT2D eigenvalue weighted by atomic mass is 35.5. The average molecular weight is 285 g/mol. The Morgan fingerprint density at radius 3 is 2.79 bits per heavy atom. The Hall–Kier alpha value is -0.580. The predicted molar refractivity (Wildman–Crippen MR) is 79.6 cm³/mol. The Kier molecular flexibility index (Phi) is 4.54. The average Bonchev–Trinajstić information content (AvgIpc) is 2.69. The third kappa shape index (κ3) is 2.81. The van der Waals surface area contributed by atoms with Crippen molar-refractivity contribution in [1.29, 1.82) is 0 Å². The maximum absolute atomic E-state index is 6.42. The first-order valence-electron chi connectivity index (χ1n) is 7.19. The first-order chi connectivity index (χ1) is 9.01. The lowest BCUT2D eigenvalue weighted by molar-refractivity contribution is 0.0612. The summed E-state index contributed by atoms with van der Waals surface area (Å²) in [5, 5.41) is 8.84. The number of hydrogen-bond acceptors (Lipinski definition) is 3. The van der Waals surface area contributed by atoms with E-state index in [2.05, 4.69) is 36.1 Å². The van der Waals surface area contributed by atoms with Crippen LogP contribution in [-0.2, 0) is 13.1 Å². The summed E-state index contributed by atoms with van der Waals surface area (Å²) in [6.45, 7) is 13.6. The summed E-state index contributed by atoms with van der Waals surface area (Å²) in [6.07, 6.45) is 1.14. The van der Waals surface area contributed by atoms with Gasteiger partial charge in [-0.15, -0.1) is 0 Å². The summed E-state index contributed by atoms with van der Waals surface area (Å²) >= 11 is 6.42. The van der Waals surface area contributed by atoms with E-state index in [0.29, 0.717) is 0 Å². The van der Waals surface area contributed by atoms with Gasteiger partial charge < -0.3 is 5.32 Å². The van der Waals surface area contributed by atoms with Crippen LogP contribution in [0.25, 0.3) is 0 Å². The second-order valence-electron chi connectivity index (χ2n) is 5.61. The Bertz CT molecular complexity index is 443. The van der Waals surface area contributed by atoms with Crippen molar-refractivity contribution in [1.82, 2.24) is 20.0 Å². The topological polar surface area (TPSA) is 33.1 Å². The number of aromatic nitrogens is 2. The lowest BCUT2D eigenvalue weighted by Gasteiger charge is -2.45. The first-order valence-corrected chi connectivity index (χ1v) is 7.57. The summed E-state index contributed by atoms with van der Waals surface area (Å²) < 4.78 is 2.04. The summed E-state index contributed by atoms with van der Waals surface area (Å²) in [7, 11) is 0. The number of rotatable bonds is 4. The van der Waals surface area contributed by atoms with Crippen LogP contribution < -0.4 is 5.32 Å². The molecule has 2 heterocycles. The van der Waals surface area contributed by atoms with Crippen LogP contribution in [0.1, 0.15) is 38.6 Å². The van der Waals surface area contributed by atoms with Gasteiger partial charge >= 0.3 is 0 Å². The van der Waals surface area contributed by atoms with Gasteiger partial charge in [0.2, 0.25) is 0 Å². The first kappa shape index (κ1) is 14.8. The standard InChI is InChI=1S/C14H25ClN4/c1-5-14(4)10-16-7-8-18(14)9-12-13(15)11(3)17-19(12)6-2/h16H,5-10H2,1-4H3. The molecule has 108 valence electrons. The van der Waals surface area contributed by atoms with E-state index in [1.807, 2.05) is 11.6 Å². The molecule has 0 aliphatic carbocycles. The minimum absolute atomic E-state index is 0.207. The molecule has 1 saturated heterocycles. The highest BCUT2D eigenvalue weighted by molar-refractivity contribution is 6.31. The van der Waals surface area contributed by atoms with E-state index in [9.17, 15) is 0 Å². The molecule has 2 rings (SSSR count). The summed E-state index contributed by atoms with van der Waals surface area (Å²) in [5.74, 6) is 0. The maximum atomic E-state index is 6.42. The van der Waals surface area contributed by atoms with Crippen molar-refractivity contribution in [2.45, 2.75) is 52.7 Å². The lowest BCUT2D eigenvalue weighted by Crippen LogP contribution is -2.58. The van der Waals surface area contributed by atoms with E-state index in [4.69, 9.17) is 11.6 Å². The zero-order valence-electron chi connectivity index (χ0n) is 12.5. The maximum Gasteiger partial charge on any atom is 0.0860 e. The van der Waals surface area contributed by atoms with Crippen LogP contribution in [0.3, 0.4) is 0 Å². The van der Waals surface area contributed by atoms with E-state index in [0.717, 1.165) is 55.6 Å². The second kappa shape index (κ2) is 5.81. The number of piperazine rings is 1. The molecule has 1 fully saturated rings. The molecule has 19 heavy (non-hydrogen) atoms. The van der Waals surface area contributed by atoms with Crippen molar-refractivity contribution in [3.05, 3.63) is 16.4 Å². The highest BCUT2D eigenvalue weighted by Gasteiger charge is 2.33. The molecule has 4 nitrogen and oxygen atoms in total. The Morgan fingerprint density at radius 1 is 1.42 bits per heavy atom. The Labute approximate surface area is 121 Å². The number of hydrogen-bond donors (Lipinski definition) is 1. The van der Waals surface area contributed by atoms with Gasteiger partial charge in [-0.2, -0.15) is 5.10 Å². The number of nitrogens with one attached hydrogen (secondary N) is 1. The second-order valence-corrected chi connectivity index (χ2v) is 5.99. The molecule has 1 aliphatic heterocycles. The van der Waals surface area contributed by atoms with Crippen LogP contribution in [0.5, 0.6) is 0 Å². The highest BCUT2D eigenvalue weighted by Crippen LogP contribution is 2.27. The zero-order valence-corrected chi connectivity index (χ0v) is 13.2. The molecule has 0 bridgehead atoms. The van der Waals surface area contributed by atoms with Crippen LogP contribution in [-0.4, -0.2) is 39.9 Å².